The first-order valence-electron chi connectivity index (χ1n) is 9.14. The van der Waals surface area contributed by atoms with Crippen LogP contribution in [0.3, 0.4) is 0 Å². The average Bonchev–Trinajstić information content (AvgIpc) is 3.31. The molecule has 1 atom stereocenters. The Kier molecular flexibility index (Phi) is 5.63. The molecule has 142 valence electrons. The first-order valence-corrected chi connectivity index (χ1v) is 10.0. The van der Waals surface area contributed by atoms with Gasteiger partial charge in [-0.3, -0.25) is 4.84 Å². The fourth-order valence-electron chi connectivity index (χ4n) is 3.19. The zero-order chi connectivity index (χ0) is 18.6. The van der Waals surface area contributed by atoms with Crippen molar-refractivity contribution in [2.75, 3.05) is 39.4 Å². The Labute approximate surface area is 163 Å². The second-order valence-corrected chi connectivity index (χ2v) is 7.92. The molecule has 2 aromatic heterocycles. The van der Waals surface area contributed by atoms with Crippen LogP contribution in [0.4, 0.5) is 5.82 Å². The summed E-state index contributed by atoms with van der Waals surface area (Å²) in [7, 11) is 4.03. The van der Waals surface area contributed by atoms with Crippen molar-refractivity contribution in [2.45, 2.75) is 13.0 Å². The molecule has 27 heavy (non-hydrogen) atoms. The summed E-state index contributed by atoms with van der Waals surface area (Å²) in [5, 5.41) is 3.15. The van der Waals surface area contributed by atoms with Crippen LogP contribution in [0.5, 0.6) is 0 Å². The van der Waals surface area contributed by atoms with Gasteiger partial charge in [-0.1, -0.05) is 30.3 Å². The number of hydrogen-bond acceptors (Lipinski definition) is 7. The molecule has 1 aliphatic rings. The summed E-state index contributed by atoms with van der Waals surface area (Å²) in [6, 6.07) is 10.3. The van der Waals surface area contributed by atoms with Crippen molar-refractivity contribution in [1.82, 2.24) is 14.9 Å². The zero-order valence-electron chi connectivity index (χ0n) is 15.6. The van der Waals surface area contributed by atoms with Gasteiger partial charge in [0.1, 0.15) is 10.7 Å². The number of ether oxygens (including phenoxy) is 1. The average molecular weight is 385 g/mol. The van der Waals surface area contributed by atoms with Crippen molar-refractivity contribution < 1.29 is 9.57 Å². The third-order valence-electron chi connectivity index (χ3n) is 4.53. The van der Waals surface area contributed by atoms with Gasteiger partial charge >= 0.3 is 0 Å². The van der Waals surface area contributed by atoms with E-state index in [2.05, 4.69) is 27.9 Å². The highest BCUT2D eigenvalue weighted by molar-refractivity contribution is 7.17. The molecule has 1 aromatic carbocycles. The summed E-state index contributed by atoms with van der Waals surface area (Å²) in [5.41, 5.74) is 5.39. The van der Waals surface area contributed by atoms with E-state index in [0.29, 0.717) is 19.1 Å². The SMILES string of the molecule is CN(C)Cc1nc(NOCC2CCOC2)c2c(-c3ccccc3)csc2n1. The summed E-state index contributed by atoms with van der Waals surface area (Å²) in [6.45, 7) is 2.88. The molecule has 1 N–H and O–H groups in total. The highest BCUT2D eigenvalue weighted by atomic mass is 32.1. The second-order valence-electron chi connectivity index (χ2n) is 7.06. The summed E-state index contributed by atoms with van der Waals surface area (Å²) < 4.78 is 5.42. The maximum absolute atomic E-state index is 5.80. The van der Waals surface area contributed by atoms with Crippen molar-refractivity contribution >= 4 is 27.4 Å². The number of rotatable bonds is 7. The normalized spacial score (nSPS) is 17.1. The van der Waals surface area contributed by atoms with E-state index in [9.17, 15) is 0 Å². The molecule has 0 spiro atoms. The lowest BCUT2D eigenvalue weighted by Crippen LogP contribution is -2.16. The predicted molar refractivity (Wildman–Crippen MR) is 109 cm³/mol. The molecular formula is C20H24N4O2S. The number of fused-ring (bicyclic) bond motifs is 1. The van der Waals surface area contributed by atoms with Gasteiger partial charge in [-0.2, -0.15) is 0 Å². The van der Waals surface area contributed by atoms with Crippen molar-refractivity contribution in [1.29, 1.82) is 0 Å². The van der Waals surface area contributed by atoms with Crippen LogP contribution in [0.1, 0.15) is 12.2 Å². The maximum Gasteiger partial charge on any atom is 0.162 e. The number of thiophene rings is 1. The van der Waals surface area contributed by atoms with Crippen molar-refractivity contribution in [3.63, 3.8) is 0 Å². The molecule has 0 aliphatic carbocycles. The minimum Gasteiger partial charge on any atom is -0.381 e. The van der Waals surface area contributed by atoms with Gasteiger partial charge in [0.05, 0.1) is 25.1 Å². The molecule has 3 aromatic rings. The standard InChI is InChI=1S/C20H24N4O2S/c1-24(2)10-17-21-19(23-26-12-14-8-9-25-11-14)18-16(13-27-20(18)22-17)15-6-4-3-5-7-15/h3-7,13-14H,8-12H2,1-2H3,(H,21,22,23). The minimum absolute atomic E-state index is 0.437. The molecule has 1 saturated heterocycles. The quantitative estimate of drug-likeness (QED) is 0.625. The van der Waals surface area contributed by atoms with E-state index in [1.807, 2.05) is 32.3 Å². The first kappa shape index (κ1) is 18.3. The van der Waals surface area contributed by atoms with Crippen LogP contribution in [0, 0.1) is 5.92 Å². The molecule has 1 fully saturated rings. The number of nitrogens with zero attached hydrogens (tertiary/aromatic N) is 3. The molecule has 1 aliphatic heterocycles. The van der Waals surface area contributed by atoms with Crippen LogP contribution in [-0.4, -0.2) is 48.8 Å². The van der Waals surface area contributed by atoms with Crippen LogP contribution >= 0.6 is 11.3 Å². The Hall–Kier alpha value is -2.06. The second kappa shape index (κ2) is 8.31. The Bertz CT molecular complexity index is 892. The molecular weight excluding hydrogens is 360 g/mol. The zero-order valence-corrected chi connectivity index (χ0v) is 16.5. The number of anilines is 1. The van der Waals surface area contributed by atoms with Crippen LogP contribution in [0.25, 0.3) is 21.3 Å². The Morgan fingerprint density at radius 3 is 2.85 bits per heavy atom. The van der Waals surface area contributed by atoms with E-state index < -0.39 is 0 Å². The topological polar surface area (TPSA) is 59.5 Å². The lowest BCUT2D eigenvalue weighted by atomic mass is 10.1. The lowest BCUT2D eigenvalue weighted by Gasteiger charge is -2.14. The van der Waals surface area contributed by atoms with Crippen molar-refractivity contribution in [3.8, 4) is 11.1 Å². The van der Waals surface area contributed by atoms with Crippen LogP contribution in [0.2, 0.25) is 0 Å². The van der Waals surface area contributed by atoms with Crippen molar-refractivity contribution in [2.24, 2.45) is 5.92 Å². The van der Waals surface area contributed by atoms with Gasteiger partial charge in [0.2, 0.25) is 0 Å². The van der Waals surface area contributed by atoms with Gasteiger partial charge in [-0.05, 0) is 26.1 Å². The highest BCUT2D eigenvalue weighted by Crippen LogP contribution is 2.37. The molecule has 6 nitrogen and oxygen atoms in total. The first-order chi connectivity index (χ1) is 13.2. The largest absolute Gasteiger partial charge is 0.381 e. The Balaban J connectivity index is 1.66. The third kappa shape index (κ3) is 4.27. The number of nitrogens with one attached hydrogen (secondary N) is 1. The van der Waals surface area contributed by atoms with Gasteiger partial charge in [0.15, 0.2) is 5.82 Å². The third-order valence-corrected chi connectivity index (χ3v) is 5.41. The van der Waals surface area contributed by atoms with E-state index in [1.165, 1.54) is 0 Å². The van der Waals surface area contributed by atoms with Crippen LogP contribution < -0.4 is 5.48 Å². The summed E-state index contributed by atoms with van der Waals surface area (Å²) in [5.74, 6) is 1.95. The van der Waals surface area contributed by atoms with Gasteiger partial charge in [0.25, 0.3) is 0 Å². The van der Waals surface area contributed by atoms with E-state index in [4.69, 9.17) is 19.5 Å². The number of benzene rings is 1. The van der Waals surface area contributed by atoms with Gasteiger partial charge in [-0.15, -0.1) is 11.3 Å². The molecule has 0 saturated carbocycles. The monoisotopic (exact) mass is 384 g/mol. The summed E-state index contributed by atoms with van der Waals surface area (Å²) >= 11 is 1.64. The van der Waals surface area contributed by atoms with Crippen LogP contribution in [0.15, 0.2) is 35.7 Å². The summed E-state index contributed by atoms with van der Waals surface area (Å²) in [6.07, 6.45) is 1.04. The van der Waals surface area contributed by atoms with Gasteiger partial charge in [0, 0.05) is 23.5 Å². The fourth-order valence-corrected chi connectivity index (χ4v) is 4.15. The van der Waals surface area contributed by atoms with E-state index in [-0.39, 0.29) is 0 Å². The molecule has 4 rings (SSSR count). The molecule has 0 bridgehead atoms. The van der Waals surface area contributed by atoms with Gasteiger partial charge < -0.3 is 9.64 Å². The molecule has 0 amide bonds. The van der Waals surface area contributed by atoms with E-state index >= 15 is 0 Å². The molecule has 1 unspecified atom stereocenters. The molecule has 7 heteroatoms. The Morgan fingerprint density at radius 1 is 1.26 bits per heavy atom. The van der Waals surface area contributed by atoms with Gasteiger partial charge in [-0.25, -0.2) is 15.4 Å². The number of hydrogen-bond donors (Lipinski definition) is 1. The smallest absolute Gasteiger partial charge is 0.162 e. The van der Waals surface area contributed by atoms with Crippen molar-refractivity contribution in [3.05, 3.63) is 41.5 Å². The summed E-state index contributed by atoms with van der Waals surface area (Å²) in [4.78, 5) is 18.3. The minimum atomic E-state index is 0.437. The fraction of sp³-hybridized carbons (Fsp3) is 0.400. The van der Waals surface area contributed by atoms with E-state index in [1.54, 1.807) is 11.3 Å². The van der Waals surface area contributed by atoms with Crippen LogP contribution in [-0.2, 0) is 16.1 Å². The molecule has 3 heterocycles. The highest BCUT2D eigenvalue weighted by Gasteiger charge is 2.18. The Morgan fingerprint density at radius 2 is 2.11 bits per heavy atom. The van der Waals surface area contributed by atoms with E-state index in [0.717, 1.165) is 52.6 Å². The lowest BCUT2D eigenvalue weighted by molar-refractivity contribution is 0.126. The number of aromatic nitrogens is 2. The molecule has 0 radical (unpaired) electrons. The predicted octanol–water partition coefficient (Wildman–Crippen LogP) is 3.80. The maximum atomic E-state index is 5.80.